The third-order valence-corrected chi connectivity index (χ3v) is 6.30. The molecule has 3 atom stereocenters. The molecule has 1 amide bonds. The minimum atomic E-state index is -0.899. The summed E-state index contributed by atoms with van der Waals surface area (Å²) in [6, 6.07) is 3.01. The molecule has 2 saturated carbocycles. The zero-order valence-electron chi connectivity index (χ0n) is 19.4. The molecule has 0 radical (unpaired) electrons. The number of carboxylic acids is 1. The summed E-state index contributed by atoms with van der Waals surface area (Å²) in [5, 5.41) is 8.51. The highest BCUT2D eigenvalue weighted by atomic mass is 19.1. The predicted molar refractivity (Wildman–Crippen MR) is 120 cm³/mol. The van der Waals surface area contributed by atoms with Crippen molar-refractivity contribution >= 4 is 12.4 Å². The lowest BCUT2D eigenvalue weighted by atomic mass is 10.1. The van der Waals surface area contributed by atoms with E-state index in [1.54, 1.807) is 6.07 Å². The van der Waals surface area contributed by atoms with E-state index in [2.05, 4.69) is 6.92 Å². The molecule has 3 aliphatic rings. The van der Waals surface area contributed by atoms with Crippen LogP contribution in [-0.2, 0) is 9.59 Å². The van der Waals surface area contributed by atoms with Crippen molar-refractivity contribution in [3.8, 4) is 5.75 Å². The summed E-state index contributed by atoms with van der Waals surface area (Å²) >= 11 is 0. The average Bonchev–Trinajstić information content (AvgIpc) is 3.33. The van der Waals surface area contributed by atoms with Gasteiger partial charge in [-0.05, 0) is 80.4 Å². The summed E-state index contributed by atoms with van der Waals surface area (Å²) in [5.41, 5.74) is 1.97. The van der Waals surface area contributed by atoms with Crippen molar-refractivity contribution < 1.29 is 23.8 Å². The molecule has 4 rings (SSSR count). The second kappa shape index (κ2) is 12.1. The number of ether oxygens (including phenoxy) is 1. The summed E-state index contributed by atoms with van der Waals surface area (Å²) < 4.78 is 19.7. The topological polar surface area (TPSA) is 66.8 Å². The van der Waals surface area contributed by atoms with Gasteiger partial charge in [0, 0.05) is 12.6 Å². The number of aryl methyl sites for hydroxylation is 1. The Morgan fingerprint density at radius 3 is 2.45 bits per heavy atom. The van der Waals surface area contributed by atoms with Gasteiger partial charge in [-0.2, -0.15) is 0 Å². The summed E-state index contributed by atoms with van der Waals surface area (Å²) in [4.78, 5) is 21.9. The highest BCUT2D eigenvalue weighted by Gasteiger charge is 2.29. The van der Waals surface area contributed by atoms with Crippen molar-refractivity contribution in [1.82, 2.24) is 4.90 Å². The molecule has 2 aliphatic carbocycles. The number of carboxylic acid groups (broad SMARTS) is 1. The minimum absolute atomic E-state index is 0.140. The van der Waals surface area contributed by atoms with Gasteiger partial charge in [0.2, 0.25) is 6.41 Å². The van der Waals surface area contributed by atoms with Gasteiger partial charge in [-0.1, -0.05) is 27.2 Å². The van der Waals surface area contributed by atoms with Gasteiger partial charge in [0.05, 0.1) is 6.61 Å². The molecule has 31 heavy (non-hydrogen) atoms. The van der Waals surface area contributed by atoms with E-state index < -0.39 is 12.0 Å². The Kier molecular flexibility index (Phi) is 9.79. The quantitative estimate of drug-likeness (QED) is 0.596. The number of halogens is 1. The Morgan fingerprint density at radius 2 is 1.94 bits per heavy atom. The van der Waals surface area contributed by atoms with Gasteiger partial charge < -0.3 is 14.7 Å². The largest absolute Gasteiger partial charge is 0.493 e. The van der Waals surface area contributed by atoms with E-state index in [0.717, 1.165) is 30.3 Å². The van der Waals surface area contributed by atoms with Crippen molar-refractivity contribution in [3.63, 3.8) is 0 Å². The van der Waals surface area contributed by atoms with Gasteiger partial charge in [0.1, 0.15) is 17.6 Å². The van der Waals surface area contributed by atoms with Crippen molar-refractivity contribution in [2.45, 2.75) is 84.6 Å². The number of aliphatic carboxylic acids is 1. The van der Waals surface area contributed by atoms with Gasteiger partial charge in [0.25, 0.3) is 0 Å². The summed E-state index contributed by atoms with van der Waals surface area (Å²) in [6.45, 7) is 9.48. The maximum absolute atomic E-state index is 13.7. The SMILES string of the molecule is CC.Cc1cc(C2CC2)c(OCC2CCC(C)C2)cc1F.O=CN1CCCC1C(=O)O. The number of rotatable bonds is 6. The molecule has 1 heterocycles. The summed E-state index contributed by atoms with van der Waals surface area (Å²) in [6.07, 6.45) is 8.27. The van der Waals surface area contributed by atoms with E-state index in [9.17, 15) is 14.0 Å². The number of likely N-dealkylation sites (tertiary alicyclic amines) is 1. The van der Waals surface area contributed by atoms with E-state index in [1.165, 1.54) is 42.6 Å². The van der Waals surface area contributed by atoms with Gasteiger partial charge in [0.15, 0.2) is 0 Å². The normalized spacial score (nSPS) is 24.5. The van der Waals surface area contributed by atoms with Gasteiger partial charge in [-0.15, -0.1) is 0 Å². The van der Waals surface area contributed by atoms with Crippen LogP contribution >= 0.6 is 0 Å². The lowest BCUT2D eigenvalue weighted by Crippen LogP contribution is -2.34. The number of nitrogens with zero attached hydrogens (tertiary/aromatic N) is 1. The molecule has 3 unspecified atom stereocenters. The number of hydrogen-bond donors (Lipinski definition) is 1. The Morgan fingerprint density at radius 1 is 1.23 bits per heavy atom. The first-order valence-corrected chi connectivity index (χ1v) is 11.8. The van der Waals surface area contributed by atoms with E-state index >= 15 is 0 Å². The van der Waals surface area contributed by atoms with Gasteiger partial charge in [-0.3, -0.25) is 4.79 Å². The maximum atomic E-state index is 13.7. The molecule has 1 aromatic carbocycles. The maximum Gasteiger partial charge on any atom is 0.326 e. The van der Waals surface area contributed by atoms with E-state index in [-0.39, 0.29) is 5.82 Å². The molecule has 0 aromatic heterocycles. The Labute approximate surface area is 186 Å². The Bertz CT molecular complexity index is 734. The fraction of sp³-hybridized carbons (Fsp3) is 0.680. The van der Waals surface area contributed by atoms with Crippen LogP contribution in [0, 0.1) is 24.6 Å². The van der Waals surface area contributed by atoms with Crippen LogP contribution in [0.3, 0.4) is 0 Å². The third kappa shape index (κ3) is 7.22. The van der Waals surface area contributed by atoms with E-state index in [1.807, 2.05) is 26.8 Å². The molecule has 0 bridgehead atoms. The first-order chi connectivity index (χ1) is 14.9. The van der Waals surface area contributed by atoms with Gasteiger partial charge >= 0.3 is 5.97 Å². The van der Waals surface area contributed by atoms with E-state index in [4.69, 9.17) is 9.84 Å². The first-order valence-electron chi connectivity index (χ1n) is 11.8. The molecule has 5 nitrogen and oxygen atoms in total. The first kappa shape index (κ1) is 25.2. The molecule has 1 saturated heterocycles. The number of carbonyl (C=O) groups excluding carboxylic acids is 1. The lowest BCUT2D eigenvalue weighted by molar-refractivity contribution is -0.144. The fourth-order valence-electron chi connectivity index (χ4n) is 4.39. The monoisotopic (exact) mass is 435 g/mol. The third-order valence-electron chi connectivity index (χ3n) is 6.30. The Balaban J connectivity index is 0.000000241. The summed E-state index contributed by atoms with van der Waals surface area (Å²) in [7, 11) is 0. The molecule has 1 N–H and O–H groups in total. The molecule has 6 heteroatoms. The molecular formula is C25H38FNO4. The molecule has 1 aliphatic heterocycles. The zero-order valence-corrected chi connectivity index (χ0v) is 19.4. The molecule has 3 fully saturated rings. The molecule has 174 valence electrons. The average molecular weight is 436 g/mol. The van der Waals surface area contributed by atoms with Crippen LogP contribution in [0.1, 0.15) is 82.8 Å². The Hall–Kier alpha value is -2.11. The van der Waals surface area contributed by atoms with E-state index in [0.29, 0.717) is 31.2 Å². The number of hydrogen-bond acceptors (Lipinski definition) is 3. The van der Waals surface area contributed by atoms with Crippen molar-refractivity contribution in [2.75, 3.05) is 13.2 Å². The predicted octanol–water partition coefficient (Wildman–Crippen LogP) is 5.54. The highest BCUT2D eigenvalue weighted by molar-refractivity contribution is 5.76. The minimum Gasteiger partial charge on any atom is -0.493 e. The lowest BCUT2D eigenvalue weighted by Gasteiger charge is -2.16. The second-order valence-electron chi connectivity index (χ2n) is 8.85. The number of carbonyl (C=O) groups is 2. The zero-order chi connectivity index (χ0) is 23.0. The smallest absolute Gasteiger partial charge is 0.326 e. The van der Waals surface area contributed by atoms with Crippen LogP contribution in [-0.4, -0.2) is 41.6 Å². The molecule has 0 spiro atoms. The van der Waals surface area contributed by atoms with Crippen molar-refractivity contribution in [3.05, 3.63) is 29.1 Å². The van der Waals surface area contributed by atoms with Crippen LogP contribution in [0.4, 0.5) is 4.39 Å². The molecular weight excluding hydrogens is 397 g/mol. The highest BCUT2D eigenvalue weighted by Crippen LogP contribution is 2.45. The standard InChI is InChI=1S/C17H23FO.C6H9NO3.C2H6/c1-11-3-4-13(7-11)10-19-17-9-16(18)12(2)8-15(17)14-5-6-14;8-4-7-3-1-2-5(7)6(9)10;1-2/h8-9,11,13-14H,3-7,10H2,1-2H3;4-5H,1-3H2,(H,9,10);1-2H3. The van der Waals surface area contributed by atoms with Crippen LogP contribution in [0.2, 0.25) is 0 Å². The van der Waals surface area contributed by atoms with Gasteiger partial charge in [-0.25, -0.2) is 9.18 Å². The molecule has 1 aromatic rings. The number of benzene rings is 1. The van der Waals surface area contributed by atoms with Crippen molar-refractivity contribution in [2.24, 2.45) is 11.8 Å². The second-order valence-corrected chi connectivity index (χ2v) is 8.85. The van der Waals surface area contributed by atoms with Crippen LogP contribution in [0.15, 0.2) is 12.1 Å². The van der Waals surface area contributed by atoms with Crippen molar-refractivity contribution in [1.29, 1.82) is 0 Å². The van der Waals surface area contributed by atoms with Crippen LogP contribution < -0.4 is 4.74 Å². The summed E-state index contributed by atoms with van der Waals surface area (Å²) in [5.74, 6) is 1.85. The number of amides is 1. The fourth-order valence-corrected chi connectivity index (χ4v) is 4.39. The van der Waals surface area contributed by atoms with Crippen LogP contribution in [0.25, 0.3) is 0 Å². The van der Waals surface area contributed by atoms with Crippen LogP contribution in [0.5, 0.6) is 5.75 Å².